The van der Waals surface area contributed by atoms with Crippen LogP contribution in [0.15, 0.2) is 12.5 Å². The summed E-state index contributed by atoms with van der Waals surface area (Å²) in [5.41, 5.74) is 1.32. The summed E-state index contributed by atoms with van der Waals surface area (Å²) >= 11 is 0. The van der Waals surface area contributed by atoms with Gasteiger partial charge in [-0.1, -0.05) is 0 Å². The molecule has 0 amide bonds. The Morgan fingerprint density at radius 1 is 1.33 bits per heavy atom. The number of rotatable bonds is 6. The van der Waals surface area contributed by atoms with Gasteiger partial charge in [-0.3, -0.25) is 0 Å². The van der Waals surface area contributed by atoms with Crippen molar-refractivity contribution in [1.29, 1.82) is 0 Å². The maximum atomic E-state index is 5.73. The molecule has 2 heterocycles. The number of ether oxygens (including phenoxy) is 1. The van der Waals surface area contributed by atoms with Crippen LogP contribution < -0.4 is 5.32 Å². The molecule has 1 aromatic rings. The van der Waals surface area contributed by atoms with Crippen molar-refractivity contribution < 1.29 is 4.74 Å². The molecule has 3 rings (SSSR count). The van der Waals surface area contributed by atoms with Crippen molar-refractivity contribution in [1.82, 2.24) is 14.9 Å². The number of imidazole rings is 1. The standard InChI is InChI=1S/C14H23N3O/c1-2-8-18-14(3-1)6-7-15-9-13-10-16-11-17(13)12-4-5-12/h10-12,14-15H,1-9H2. The molecule has 1 aliphatic heterocycles. The van der Waals surface area contributed by atoms with E-state index in [1.54, 1.807) is 0 Å². The third kappa shape index (κ3) is 3.12. The Balaban J connectivity index is 1.37. The Morgan fingerprint density at radius 2 is 2.28 bits per heavy atom. The zero-order valence-corrected chi connectivity index (χ0v) is 11.0. The van der Waals surface area contributed by atoms with E-state index in [9.17, 15) is 0 Å². The van der Waals surface area contributed by atoms with Crippen LogP contribution >= 0.6 is 0 Å². The maximum absolute atomic E-state index is 5.73. The molecular weight excluding hydrogens is 226 g/mol. The van der Waals surface area contributed by atoms with Crippen molar-refractivity contribution in [2.45, 2.75) is 57.2 Å². The molecule has 100 valence electrons. The molecule has 1 unspecified atom stereocenters. The summed E-state index contributed by atoms with van der Waals surface area (Å²) in [6.07, 6.45) is 12.0. The molecule has 1 aromatic heterocycles. The van der Waals surface area contributed by atoms with Gasteiger partial charge in [-0.05, 0) is 45.1 Å². The van der Waals surface area contributed by atoms with E-state index in [2.05, 4.69) is 14.9 Å². The Morgan fingerprint density at radius 3 is 3.06 bits per heavy atom. The molecule has 1 saturated carbocycles. The topological polar surface area (TPSA) is 39.1 Å². The van der Waals surface area contributed by atoms with Crippen molar-refractivity contribution in [3.63, 3.8) is 0 Å². The van der Waals surface area contributed by atoms with Gasteiger partial charge in [0.2, 0.25) is 0 Å². The van der Waals surface area contributed by atoms with Crippen LogP contribution in [-0.4, -0.2) is 28.8 Å². The van der Waals surface area contributed by atoms with Crippen LogP contribution in [0.2, 0.25) is 0 Å². The highest BCUT2D eigenvalue weighted by molar-refractivity contribution is 5.03. The van der Waals surface area contributed by atoms with Gasteiger partial charge in [0.1, 0.15) is 0 Å². The van der Waals surface area contributed by atoms with Crippen LogP contribution in [0.1, 0.15) is 50.3 Å². The minimum absolute atomic E-state index is 0.486. The number of aromatic nitrogens is 2. The molecule has 4 heteroatoms. The Kier molecular flexibility index (Phi) is 3.96. The van der Waals surface area contributed by atoms with Gasteiger partial charge in [0, 0.05) is 25.4 Å². The zero-order valence-electron chi connectivity index (χ0n) is 11.0. The van der Waals surface area contributed by atoms with Gasteiger partial charge in [-0.15, -0.1) is 0 Å². The van der Waals surface area contributed by atoms with Crippen LogP contribution in [-0.2, 0) is 11.3 Å². The second kappa shape index (κ2) is 5.85. The summed E-state index contributed by atoms with van der Waals surface area (Å²) in [4.78, 5) is 4.25. The lowest BCUT2D eigenvalue weighted by Gasteiger charge is -2.22. The van der Waals surface area contributed by atoms with Crippen molar-refractivity contribution in [2.24, 2.45) is 0 Å². The second-order valence-corrected chi connectivity index (χ2v) is 5.48. The summed E-state index contributed by atoms with van der Waals surface area (Å²) in [5.74, 6) is 0. The Hall–Kier alpha value is -0.870. The number of hydrogen-bond donors (Lipinski definition) is 1. The van der Waals surface area contributed by atoms with Crippen molar-refractivity contribution in [3.05, 3.63) is 18.2 Å². The summed E-state index contributed by atoms with van der Waals surface area (Å²) in [6.45, 7) is 2.93. The first kappa shape index (κ1) is 12.2. The first-order chi connectivity index (χ1) is 8.93. The molecule has 2 fully saturated rings. The quantitative estimate of drug-likeness (QED) is 0.786. The fourth-order valence-corrected chi connectivity index (χ4v) is 2.67. The second-order valence-electron chi connectivity index (χ2n) is 5.48. The molecule has 4 nitrogen and oxygen atoms in total. The van der Waals surface area contributed by atoms with Crippen LogP contribution in [0.3, 0.4) is 0 Å². The summed E-state index contributed by atoms with van der Waals surface area (Å²) < 4.78 is 8.05. The lowest BCUT2D eigenvalue weighted by Crippen LogP contribution is -2.25. The average molecular weight is 249 g/mol. The van der Waals surface area contributed by atoms with Crippen LogP contribution in [0.25, 0.3) is 0 Å². The third-order valence-electron chi connectivity index (χ3n) is 3.91. The number of hydrogen-bond acceptors (Lipinski definition) is 3. The normalized spacial score (nSPS) is 24.3. The molecule has 1 atom stereocenters. The lowest BCUT2D eigenvalue weighted by atomic mass is 10.1. The van der Waals surface area contributed by atoms with Crippen LogP contribution in [0.4, 0.5) is 0 Å². The molecular formula is C14H23N3O. The fourth-order valence-electron chi connectivity index (χ4n) is 2.67. The average Bonchev–Trinajstić information content (AvgIpc) is 3.16. The van der Waals surface area contributed by atoms with E-state index in [-0.39, 0.29) is 0 Å². The molecule has 0 bridgehead atoms. The third-order valence-corrected chi connectivity index (χ3v) is 3.91. The van der Waals surface area contributed by atoms with Gasteiger partial charge >= 0.3 is 0 Å². The SMILES string of the molecule is c1ncn(C2CC2)c1CNCCC1CCCCO1. The van der Waals surface area contributed by atoms with Crippen molar-refractivity contribution >= 4 is 0 Å². The molecule has 0 spiro atoms. The highest BCUT2D eigenvalue weighted by Gasteiger charge is 2.24. The summed E-state index contributed by atoms with van der Waals surface area (Å²) in [7, 11) is 0. The zero-order chi connectivity index (χ0) is 12.2. The smallest absolute Gasteiger partial charge is 0.0951 e. The summed E-state index contributed by atoms with van der Waals surface area (Å²) in [6, 6.07) is 0.728. The van der Waals surface area contributed by atoms with Crippen molar-refractivity contribution in [2.75, 3.05) is 13.2 Å². The molecule has 1 aliphatic carbocycles. The number of nitrogens with one attached hydrogen (secondary N) is 1. The first-order valence-corrected chi connectivity index (χ1v) is 7.26. The molecule has 0 radical (unpaired) electrons. The van der Waals surface area contributed by atoms with E-state index in [1.165, 1.54) is 37.8 Å². The highest BCUT2D eigenvalue weighted by atomic mass is 16.5. The predicted molar refractivity (Wildman–Crippen MR) is 70.4 cm³/mol. The number of nitrogens with zero attached hydrogens (tertiary/aromatic N) is 2. The minimum atomic E-state index is 0.486. The van der Waals surface area contributed by atoms with E-state index < -0.39 is 0 Å². The molecule has 2 aliphatic rings. The molecule has 1 N–H and O–H groups in total. The molecule has 1 saturated heterocycles. The van der Waals surface area contributed by atoms with Gasteiger partial charge < -0.3 is 14.6 Å². The summed E-state index contributed by atoms with van der Waals surface area (Å²) in [5, 5.41) is 3.52. The Bertz CT molecular complexity index is 367. The maximum Gasteiger partial charge on any atom is 0.0951 e. The largest absolute Gasteiger partial charge is 0.378 e. The van der Waals surface area contributed by atoms with E-state index in [0.717, 1.165) is 32.2 Å². The van der Waals surface area contributed by atoms with E-state index in [4.69, 9.17) is 4.74 Å². The van der Waals surface area contributed by atoms with Gasteiger partial charge in [-0.2, -0.15) is 0 Å². The monoisotopic (exact) mass is 249 g/mol. The molecule has 0 aromatic carbocycles. The molecule has 18 heavy (non-hydrogen) atoms. The van der Waals surface area contributed by atoms with Crippen LogP contribution in [0.5, 0.6) is 0 Å². The highest BCUT2D eigenvalue weighted by Crippen LogP contribution is 2.35. The van der Waals surface area contributed by atoms with Gasteiger partial charge in [0.05, 0.1) is 18.1 Å². The first-order valence-electron chi connectivity index (χ1n) is 7.26. The van der Waals surface area contributed by atoms with Crippen LogP contribution in [0, 0.1) is 0 Å². The van der Waals surface area contributed by atoms with E-state index in [0.29, 0.717) is 6.10 Å². The minimum Gasteiger partial charge on any atom is -0.378 e. The van der Waals surface area contributed by atoms with Gasteiger partial charge in [0.15, 0.2) is 0 Å². The Labute approximate surface area is 109 Å². The van der Waals surface area contributed by atoms with Gasteiger partial charge in [-0.25, -0.2) is 4.98 Å². The lowest BCUT2D eigenvalue weighted by molar-refractivity contribution is 0.0115. The van der Waals surface area contributed by atoms with E-state index in [1.807, 2.05) is 12.5 Å². The van der Waals surface area contributed by atoms with E-state index >= 15 is 0 Å². The van der Waals surface area contributed by atoms with Crippen molar-refractivity contribution in [3.8, 4) is 0 Å². The van der Waals surface area contributed by atoms with Gasteiger partial charge in [0.25, 0.3) is 0 Å². The predicted octanol–water partition coefficient (Wildman–Crippen LogP) is 2.27. The fraction of sp³-hybridized carbons (Fsp3) is 0.786.